The Hall–Kier alpha value is -4.00. The minimum atomic E-state index is -0.283. The van der Waals surface area contributed by atoms with Crippen molar-refractivity contribution in [3.8, 4) is 5.82 Å². The van der Waals surface area contributed by atoms with Gasteiger partial charge in [-0.25, -0.2) is 9.97 Å². The van der Waals surface area contributed by atoms with Crippen LogP contribution in [0.2, 0.25) is 0 Å². The second-order valence-electron chi connectivity index (χ2n) is 6.22. The summed E-state index contributed by atoms with van der Waals surface area (Å²) in [5.74, 6) is 0.235. The van der Waals surface area contributed by atoms with E-state index >= 15 is 0 Å². The Labute approximate surface area is 161 Å². The van der Waals surface area contributed by atoms with Crippen LogP contribution in [0, 0.1) is 0 Å². The van der Waals surface area contributed by atoms with E-state index in [4.69, 9.17) is 0 Å². The van der Waals surface area contributed by atoms with Gasteiger partial charge in [0.1, 0.15) is 12.1 Å². The monoisotopic (exact) mass is 371 g/mol. The lowest BCUT2D eigenvalue weighted by molar-refractivity contribution is -0.114. The molecule has 2 amide bonds. The predicted molar refractivity (Wildman–Crippen MR) is 108 cm³/mol. The van der Waals surface area contributed by atoms with Crippen LogP contribution < -0.4 is 10.6 Å². The molecule has 7 heteroatoms. The van der Waals surface area contributed by atoms with Gasteiger partial charge in [0.2, 0.25) is 5.91 Å². The molecular weight excluding hydrogens is 354 g/mol. The highest BCUT2D eigenvalue weighted by molar-refractivity contribution is 6.05. The van der Waals surface area contributed by atoms with Gasteiger partial charge >= 0.3 is 0 Å². The smallest absolute Gasteiger partial charge is 0.255 e. The Kier molecular flexibility index (Phi) is 4.55. The fourth-order valence-electron chi connectivity index (χ4n) is 2.89. The summed E-state index contributed by atoms with van der Waals surface area (Å²) in [5, 5.41) is 5.47. The molecule has 0 aliphatic carbocycles. The molecule has 0 aliphatic heterocycles. The van der Waals surface area contributed by atoms with Crippen LogP contribution in [0.5, 0.6) is 0 Å². The molecule has 28 heavy (non-hydrogen) atoms. The van der Waals surface area contributed by atoms with E-state index in [1.165, 1.54) is 6.92 Å². The predicted octanol–water partition coefficient (Wildman–Crippen LogP) is 3.63. The molecule has 2 N–H and O–H groups in total. The zero-order valence-corrected chi connectivity index (χ0v) is 15.1. The third kappa shape index (κ3) is 3.59. The second kappa shape index (κ2) is 7.32. The van der Waals surface area contributed by atoms with Gasteiger partial charge in [-0.05, 0) is 42.5 Å². The van der Waals surface area contributed by atoms with Crippen LogP contribution in [0.15, 0.2) is 73.2 Å². The number of nitrogens with zero attached hydrogens (tertiary/aromatic N) is 3. The zero-order chi connectivity index (χ0) is 19.5. The number of anilines is 2. The molecule has 7 nitrogen and oxygen atoms in total. The van der Waals surface area contributed by atoms with E-state index in [9.17, 15) is 9.59 Å². The van der Waals surface area contributed by atoms with Gasteiger partial charge < -0.3 is 10.6 Å². The van der Waals surface area contributed by atoms with E-state index in [1.807, 2.05) is 34.9 Å². The summed E-state index contributed by atoms with van der Waals surface area (Å²) in [7, 11) is 0. The lowest BCUT2D eigenvalue weighted by atomic mass is 10.2. The molecule has 0 saturated heterocycles. The molecule has 0 atom stereocenters. The fourth-order valence-corrected chi connectivity index (χ4v) is 2.89. The van der Waals surface area contributed by atoms with E-state index in [-0.39, 0.29) is 11.8 Å². The Bertz CT molecular complexity index is 1160. The van der Waals surface area contributed by atoms with Crippen molar-refractivity contribution in [2.75, 3.05) is 10.6 Å². The van der Waals surface area contributed by atoms with Crippen molar-refractivity contribution in [2.24, 2.45) is 0 Å². The van der Waals surface area contributed by atoms with Crippen LogP contribution >= 0.6 is 0 Å². The van der Waals surface area contributed by atoms with Crippen molar-refractivity contribution in [1.29, 1.82) is 0 Å². The summed E-state index contributed by atoms with van der Waals surface area (Å²) >= 11 is 0. The molecule has 4 rings (SSSR count). The van der Waals surface area contributed by atoms with Crippen LogP contribution in [0.4, 0.5) is 11.4 Å². The maximum Gasteiger partial charge on any atom is 0.255 e. The van der Waals surface area contributed by atoms with E-state index in [0.717, 1.165) is 11.0 Å². The number of hydrogen-bond donors (Lipinski definition) is 2. The summed E-state index contributed by atoms with van der Waals surface area (Å²) < 4.78 is 1.89. The third-order valence-electron chi connectivity index (χ3n) is 4.15. The summed E-state index contributed by atoms with van der Waals surface area (Å²) in [4.78, 5) is 32.4. The number of para-hydroxylation sites is 2. The molecular formula is C21H17N5O2. The molecule has 2 aromatic heterocycles. The van der Waals surface area contributed by atoms with E-state index < -0.39 is 0 Å². The highest BCUT2D eigenvalue weighted by Crippen LogP contribution is 2.18. The van der Waals surface area contributed by atoms with Crippen LogP contribution in [0.25, 0.3) is 16.9 Å². The first-order valence-corrected chi connectivity index (χ1v) is 8.68. The number of imidazole rings is 1. The molecule has 2 heterocycles. The number of benzene rings is 2. The normalized spacial score (nSPS) is 10.6. The minimum Gasteiger partial charge on any atom is -0.326 e. The largest absolute Gasteiger partial charge is 0.326 e. The molecule has 0 bridgehead atoms. The van der Waals surface area contributed by atoms with Crippen LogP contribution in [0.3, 0.4) is 0 Å². The molecule has 0 aliphatic rings. The van der Waals surface area contributed by atoms with E-state index in [1.54, 1.807) is 42.9 Å². The molecule has 4 aromatic rings. The zero-order valence-electron chi connectivity index (χ0n) is 15.1. The fraction of sp³-hybridized carbons (Fsp3) is 0.0476. The van der Waals surface area contributed by atoms with Gasteiger partial charge in [0, 0.05) is 18.2 Å². The van der Waals surface area contributed by atoms with Crippen molar-refractivity contribution in [3.05, 3.63) is 78.8 Å². The first-order valence-electron chi connectivity index (χ1n) is 8.68. The molecule has 138 valence electrons. The number of carbonyl (C=O) groups is 2. The van der Waals surface area contributed by atoms with Gasteiger partial charge in [-0.15, -0.1) is 0 Å². The molecule has 0 saturated carbocycles. The number of hydrogen-bond acceptors (Lipinski definition) is 4. The third-order valence-corrected chi connectivity index (χ3v) is 4.15. The summed E-state index contributed by atoms with van der Waals surface area (Å²) in [6.45, 7) is 1.42. The number of fused-ring (bicyclic) bond motifs is 1. The standard InChI is InChI=1S/C21H17N5O2/c1-14(27)24-16-6-4-5-15(11-16)21(28)25-17-9-10-20(22-12-17)26-13-23-18-7-2-3-8-19(18)26/h2-13H,1H3,(H,24,27)(H,25,28). The van der Waals surface area contributed by atoms with Crippen molar-refractivity contribution >= 4 is 34.2 Å². The van der Waals surface area contributed by atoms with Crippen molar-refractivity contribution in [1.82, 2.24) is 14.5 Å². The lowest BCUT2D eigenvalue weighted by Crippen LogP contribution is -2.13. The molecule has 0 unspecified atom stereocenters. The van der Waals surface area contributed by atoms with Crippen molar-refractivity contribution in [3.63, 3.8) is 0 Å². The Morgan fingerprint density at radius 1 is 0.893 bits per heavy atom. The van der Waals surface area contributed by atoms with Crippen molar-refractivity contribution in [2.45, 2.75) is 6.92 Å². The molecule has 0 radical (unpaired) electrons. The van der Waals surface area contributed by atoms with E-state index in [2.05, 4.69) is 20.6 Å². The number of pyridine rings is 1. The van der Waals surface area contributed by atoms with Crippen LogP contribution in [0.1, 0.15) is 17.3 Å². The van der Waals surface area contributed by atoms with E-state index in [0.29, 0.717) is 22.8 Å². The van der Waals surface area contributed by atoms with Gasteiger partial charge in [0.15, 0.2) is 0 Å². The Morgan fingerprint density at radius 2 is 1.75 bits per heavy atom. The lowest BCUT2D eigenvalue weighted by Gasteiger charge is -2.08. The number of carbonyl (C=O) groups excluding carboxylic acids is 2. The van der Waals surface area contributed by atoms with Gasteiger partial charge in [-0.2, -0.15) is 0 Å². The first kappa shape index (κ1) is 17.4. The highest BCUT2D eigenvalue weighted by atomic mass is 16.2. The Morgan fingerprint density at radius 3 is 2.54 bits per heavy atom. The summed E-state index contributed by atoms with van der Waals surface area (Å²) in [6.07, 6.45) is 3.32. The SMILES string of the molecule is CC(=O)Nc1cccc(C(=O)Nc2ccc(-n3cnc4ccccc43)nc2)c1. The number of aromatic nitrogens is 3. The average Bonchev–Trinajstić information content (AvgIpc) is 3.12. The summed E-state index contributed by atoms with van der Waals surface area (Å²) in [6, 6.07) is 18.1. The quantitative estimate of drug-likeness (QED) is 0.573. The van der Waals surface area contributed by atoms with Crippen LogP contribution in [-0.4, -0.2) is 26.3 Å². The highest BCUT2D eigenvalue weighted by Gasteiger charge is 2.09. The van der Waals surface area contributed by atoms with Gasteiger partial charge in [0.25, 0.3) is 5.91 Å². The molecule has 0 spiro atoms. The van der Waals surface area contributed by atoms with Crippen LogP contribution in [-0.2, 0) is 4.79 Å². The molecule has 0 fully saturated rings. The van der Waals surface area contributed by atoms with Gasteiger partial charge in [0.05, 0.1) is 22.9 Å². The maximum absolute atomic E-state index is 12.5. The maximum atomic E-state index is 12.5. The molecule has 2 aromatic carbocycles. The Balaban J connectivity index is 1.52. The van der Waals surface area contributed by atoms with Gasteiger partial charge in [-0.3, -0.25) is 14.2 Å². The van der Waals surface area contributed by atoms with Gasteiger partial charge in [-0.1, -0.05) is 18.2 Å². The number of nitrogens with one attached hydrogen (secondary N) is 2. The second-order valence-corrected chi connectivity index (χ2v) is 6.22. The van der Waals surface area contributed by atoms with Crippen molar-refractivity contribution < 1.29 is 9.59 Å². The minimum absolute atomic E-state index is 0.190. The number of rotatable bonds is 4. The first-order chi connectivity index (χ1) is 13.6. The number of amides is 2. The summed E-state index contributed by atoms with van der Waals surface area (Å²) in [5.41, 5.74) is 3.43. The average molecular weight is 371 g/mol. The topological polar surface area (TPSA) is 88.9 Å².